The van der Waals surface area contributed by atoms with E-state index in [0.717, 1.165) is 10.9 Å². The van der Waals surface area contributed by atoms with Crippen molar-refractivity contribution in [2.75, 3.05) is 6.61 Å². The Morgan fingerprint density at radius 2 is 2.14 bits per heavy atom. The fraction of sp³-hybridized carbons (Fsp3) is 0.333. The van der Waals surface area contributed by atoms with Gasteiger partial charge in [0, 0.05) is 24.0 Å². The highest BCUT2D eigenvalue weighted by molar-refractivity contribution is 5.89. The second-order valence-corrected chi connectivity index (χ2v) is 4.91. The van der Waals surface area contributed by atoms with E-state index in [1.54, 1.807) is 0 Å². The number of carbonyl (C=O) groups excluding carboxylic acids is 1. The minimum atomic E-state index is -1.16. The summed E-state index contributed by atoms with van der Waals surface area (Å²) in [6.45, 7) is 1.64. The molecule has 3 N–H and O–H groups in total. The summed E-state index contributed by atoms with van der Waals surface area (Å²) in [5.74, 6) is -1.58. The first kappa shape index (κ1) is 15.1. The first-order chi connectivity index (χ1) is 10.0. The molecule has 1 amide bonds. The number of furan rings is 1. The minimum absolute atomic E-state index is 0.0214. The molecule has 2 aromatic rings. The summed E-state index contributed by atoms with van der Waals surface area (Å²) >= 11 is 0. The van der Waals surface area contributed by atoms with Crippen LogP contribution in [0.5, 0.6) is 0 Å². The van der Waals surface area contributed by atoms with Crippen LogP contribution in [0.3, 0.4) is 0 Å². The number of carboxylic acids is 1. The predicted octanol–water partition coefficient (Wildman–Crippen LogP) is 1.24. The number of hydrogen-bond acceptors (Lipinski definition) is 4. The van der Waals surface area contributed by atoms with Crippen LogP contribution < -0.4 is 5.32 Å². The number of aliphatic hydroxyl groups is 1. The molecule has 6 heteroatoms. The van der Waals surface area contributed by atoms with Crippen molar-refractivity contribution < 1.29 is 24.2 Å². The van der Waals surface area contributed by atoms with Gasteiger partial charge in [-0.2, -0.15) is 0 Å². The highest BCUT2D eigenvalue weighted by Crippen LogP contribution is 2.22. The molecule has 0 aliphatic rings. The van der Waals surface area contributed by atoms with Gasteiger partial charge in [-0.25, -0.2) is 4.79 Å². The van der Waals surface area contributed by atoms with Crippen LogP contribution in [0, 0.1) is 6.92 Å². The molecule has 1 atom stereocenters. The summed E-state index contributed by atoms with van der Waals surface area (Å²) in [5, 5.41) is 21.0. The van der Waals surface area contributed by atoms with Gasteiger partial charge in [0.05, 0.1) is 12.7 Å². The van der Waals surface area contributed by atoms with E-state index in [4.69, 9.17) is 14.6 Å². The first-order valence-corrected chi connectivity index (χ1v) is 6.61. The summed E-state index contributed by atoms with van der Waals surface area (Å²) in [5.41, 5.74) is 2.46. The van der Waals surface area contributed by atoms with Crippen LogP contribution in [0.2, 0.25) is 0 Å². The smallest absolute Gasteiger partial charge is 0.326 e. The zero-order valence-corrected chi connectivity index (χ0v) is 11.6. The van der Waals surface area contributed by atoms with Crippen LogP contribution in [-0.2, 0) is 16.0 Å². The second kappa shape index (κ2) is 6.41. The van der Waals surface area contributed by atoms with Gasteiger partial charge in [0.1, 0.15) is 11.6 Å². The molecule has 0 saturated carbocycles. The van der Waals surface area contributed by atoms with E-state index < -0.39 is 17.9 Å². The lowest BCUT2D eigenvalue weighted by atomic mass is 10.1. The van der Waals surface area contributed by atoms with Crippen molar-refractivity contribution in [2.24, 2.45) is 0 Å². The average Bonchev–Trinajstić information content (AvgIpc) is 2.80. The standard InChI is InChI=1S/C15H17NO5/c1-9-2-3-11-10(8-21-13(11)6-9)7-14(18)16-12(4-5-17)15(19)20/h2-3,6,8,12,17H,4-5,7H2,1H3,(H,16,18)(H,19,20)/t12-/m0/s1. The van der Waals surface area contributed by atoms with Gasteiger partial charge < -0.3 is 19.9 Å². The quantitative estimate of drug-likeness (QED) is 0.743. The molecule has 0 saturated heterocycles. The number of benzene rings is 1. The summed E-state index contributed by atoms with van der Waals surface area (Å²) in [4.78, 5) is 22.8. The van der Waals surface area contributed by atoms with Crippen LogP contribution in [0.4, 0.5) is 0 Å². The molecular formula is C15H17NO5. The van der Waals surface area contributed by atoms with Crippen molar-refractivity contribution >= 4 is 22.8 Å². The largest absolute Gasteiger partial charge is 0.480 e. The third kappa shape index (κ3) is 3.61. The fourth-order valence-corrected chi connectivity index (χ4v) is 2.13. The molecule has 1 heterocycles. The Hall–Kier alpha value is -2.34. The number of aryl methyl sites for hydroxylation is 1. The van der Waals surface area contributed by atoms with Gasteiger partial charge in [-0.3, -0.25) is 4.79 Å². The lowest BCUT2D eigenvalue weighted by molar-refractivity contribution is -0.142. The minimum Gasteiger partial charge on any atom is -0.480 e. The van der Waals surface area contributed by atoms with E-state index in [1.165, 1.54) is 6.26 Å². The number of hydrogen-bond donors (Lipinski definition) is 3. The van der Waals surface area contributed by atoms with Crippen molar-refractivity contribution in [2.45, 2.75) is 25.8 Å². The van der Waals surface area contributed by atoms with Crippen LogP contribution >= 0.6 is 0 Å². The van der Waals surface area contributed by atoms with Gasteiger partial charge in [0.25, 0.3) is 0 Å². The Morgan fingerprint density at radius 1 is 1.38 bits per heavy atom. The third-order valence-corrected chi connectivity index (χ3v) is 3.21. The van der Waals surface area contributed by atoms with Crippen LogP contribution in [0.1, 0.15) is 17.5 Å². The zero-order chi connectivity index (χ0) is 15.4. The second-order valence-electron chi connectivity index (χ2n) is 4.91. The van der Waals surface area contributed by atoms with E-state index in [9.17, 15) is 9.59 Å². The van der Waals surface area contributed by atoms with Gasteiger partial charge in [-0.05, 0) is 18.6 Å². The molecule has 0 aliphatic heterocycles. The first-order valence-electron chi connectivity index (χ1n) is 6.61. The summed E-state index contributed by atoms with van der Waals surface area (Å²) < 4.78 is 5.39. The molecule has 0 aliphatic carbocycles. The maximum atomic E-state index is 11.9. The van der Waals surface area contributed by atoms with Crippen LogP contribution in [0.15, 0.2) is 28.9 Å². The van der Waals surface area contributed by atoms with Gasteiger partial charge in [0.2, 0.25) is 5.91 Å². The number of carboxylic acid groups (broad SMARTS) is 1. The maximum Gasteiger partial charge on any atom is 0.326 e. The summed E-state index contributed by atoms with van der Waals surface area (Å²) in [6.07, 6.45) is 1.52. The van der Waals surface area contributed by atoms with E-state index in [2.05, 4.69) is 5.32 Å². The number of aliphatic carboxylic acids is 1. The molecular weight excluding hydrogens is 274 g/mol. The molecule has 112 valence electrons. The topological polar surface area (TPSA) is 99.8 Å². The molecule has 0 unspecified atom stereocenters. The molecule has 0 fully saturated rings. The Balaban J connectivity index is 2.09. The molecule has 1 aromatic heterocycles. The predicted molar refractivity (Wildman–Crippen MR) is 75.9 cm³/mol. The van der Waals surface area contributed by atoms with Gasteiger partial charge >= 0.3 is 5.97 Å². The van der Waals surface area contributed by atoms with Gasteiger partial charge in [0.15, 0.2) is 0 Å². The number of aliphatic hydroxyl groups excluding tert-OH is 1. The van der Waals surface area contributed by atoms with Crippen molar-refractivity contribution in [3.8, 4) is 0 Å². The Morgan fingerprint density at radius 3 is 2.81 bits per heavy atom. The molecule has 0 radical (unpaired) electrons. The third-order valence-electron chi connectivity index (χ3n) is 3.21. The van der Waals surface area contributed by atoms with E-state index in [0.29, 0.717) is 11.1 Å². The number of nitrogens with one attached hydrogen (secondary N) is 1. The lowest BCUT2D eigenvalue weighted by Gasteiger charge is -2.12. The highest BCUT2D eigenvalue weighted by atomic mass is 16.4. The van der Waals surface area contributed by atoms with E-state index >= 15 is 0 Å². The van der Waals surface area contributed by atoms with Crippen molar-refractivity contribution in [1.82, 2.24) is 5.32 Å². The lowest BCUT2D eigenvalue weighted by Crippen LogP contribution is -2.42. The molecule has 2 rings (SSSR count). The van der Waals surface area contributed by atoms with Crippen LogP contribution in [-0.4, -0.2) is 34.7 Å². The summed E-state index contributed by atoms with van der Waals surface area (Å²) in [6, 6.07) is 4.59. The highest BCUT2D eigenvalue weighted by Gasteiger charge is 2.20. The van der Waals surface area contributed by atoms with Crippen molar-refractivity contribution in [3.63, 3.8) is 0 Å². The number of fused-ring (bicyclic) bond motifs is 1. The summed E-state index contributed by atoms with van der Waals surface area (Å²) in [7, 11) is 0. The molecule has 1 aromatic carbocycles. The number of amides is 1. The van der Waals surface area contributed by atoms with E-state index in [-0.39, 0.29) is 19.4 Å². The zero-order valence-electron chi connectivity index (χ0n) is 11.6. The number of carbonyl (C=O) groups is 2. The molecule has 0 bridgehead atoms. The Kier molecular flexibility index (Phi) is 4.59. The SMILES string of the molecule is Cc1ccc2c(CC(=O)N[C@@H](CCO)C(=O)O)coc2c1. The van der Waals surface area contributed by atoms with Crippen molar-refractivity contribution in [3.05, 3.63) is 35.6 Å². The van der Waals surface area contributed by atoms with Crippen LogP contribution in [0.25, 0.3) is 11.0 Å². The fourth-order valence-electron chi connectivity index (χ4n) is 2.13. The Bertz CT molecular complexity index is 661. The van der Waals surface area contributed by atoms with Gasteiger partial charge in [-0.1, -0.05) is 12.1 Å². The van der Waals surface area contributed by atoms with Crippen molar-refractivity contribution in [1.29, 1.82) is 0 Å². The molecule has 21 heavy (non-hydrogen) atoms. The molecule has 0 spiro atoms. The number of rotatable bonds is 6. The van der Waals surface area contributed by atoms with Gasteiger partial charge in [-0.15, -0.1) is 0 Å². The monoisotopic (exact) mass is 291 g/mol. The van der Waals surface area contributed by atoms with E-state index in [1.807, 2.05) is 25.1 Å². The Labute approximate surface area is 121 Å². The average molecular weight is 291 g/mol. The molecule has 6 nitrogen and oxygen atoms in total. The normalized spacial score (nSPS) is 12.3. The maximum absolute atomic E-state index is 11.9.